The van der Waals surface area contributed by atoms with E-state index in [9.17, 15) is 22.6 Å². The van der Waals surface area contributed by atoms with Crippen LogP contribution >= 0.6 is 0 Å². The molecule has 0 amide bonds. The van der Waals surface area contributed by atoms with Gasteiger partial charge in [0.1, 0.15) is 11.9 Å². The molecular formula is C21H32O8S. The number of aliphatic carboxylic acids is 1. The van der Waals surface area contributed by atoms with Crippen LogP contribution in [0.15, 0.2) is 30.3 Å². The van der Waals surface area contributed by atoms with E-state index in [2.05, 4.69) is 6.92 Å². The minimum atomic E-state index is -4.89. The van der Waals surface area contributed by atoms with Crippen LogP contribution in [0.2, 0.25) is 0 Å². The van der Waals surface area contributed by atoms with Crippen LogP contribution in [-0.2, 0) is 24.4 Å². The number of carbonyl (C=O) groups excluding carboxylic acids is 1. The monoisotopic (exact) mass is 444 g/mol. The number of esters is 1. The third-order valence-corrected chi connectivity index (χ3v) is 5.67. The highest BCUT2D eigenvalue weighted by molar-refractivity contribution is 7.87. The summed E-state index contributed by atoms with van der Waals surface area (Å²) in [6.07, 6.45) is 5.34. The summed E-state index contributed by atoms with van der Waals surface area (Å²) in [5.41, 5.74) is 0. The second kappa shape index (κ2) is 14.0. The van der Waals surface area contributed by atoms with Gasteiger partial charge in [0.05, 0.1) is 13.0 Å². The maximum atomic E-state index is 12.3. The molecule has 0 aliphatic rings. The molecule has 1 aromatic rings. The highest BCUT2D eigenvalue weighted by Gasteiger charge is 2.36. The minimum absolute atomic E-state index is 0.243. The van der Waals surface area contributed by atoms with Crippen LogP contribution in [-0.4, -0.2) is 48.0 Å². The molecular weight excluding hydrogens is 412 g/mol. The SMILES string of the molecule is CCCCCCCCC(CCOc1ccccc1)OC(=O)C(CC(=O)O)S(=O)(=O)O. The second-order valence-corrected chi connectivity index (χ2v) is 8.77. The largest absolute Gasteiger partial charge is 0.493 e. The van der Waals surface area contributed by atoms with Gasteiger partial charge in [-0.15, -0.1) is 0 Å². The number of unbranched alkanes of at least 4 members (excludes halogenated alkanes) is 5. The first-order valence-corrected chi connectivity index (χ1v) is 11.8. The molecule has 0 spiro atoms. The number of carboxylic acids is 1. The smallest absolute Gasteiger partial charge is 0.327 e. The number of hydrogen-bond acceptors (Lipinski definition) is 6. The first-order valence-electron chi connectivity index (χ1n) is 10.3. The molecule has 2 atom stereocenters. The Morgan fingerprint density at radius 3 is 2.23 bits per heavy atom. The van der Waals surface area contributed by atoms with Crippen LogP contribution in [0.3, 0.4) is 0 Å². The van der Waals surface area contributed by atoms with Gasteiger partial charge in [0, 0.05) is 6.42 Å². The maximum absolute atomic E-state index is 12.3. The molecule has 0 radical (unpaired) electrons. The van der Waals surface area contributed by atoms with Crippen LogP contribution in [0.5, 0.6) is 5.75 Å². The van der Waals surface area contributed by atoms with Gasteiger partial charge in [-0.3, -0.25) is 14.1 Å². The van der Waals surface area contributed by atoms with Crippen molar-refractivity contribution < 1.29 is 37.1 Å². The summed E-state index contributed by atoms with van der Waals surface area (Å²) in [4.78, 5) is 23.1. The van der Waals surface area contributed by atoms with Crippen LogP contribution < -0.4 is 4.74 Å². The third-order valence-electron chi connectivity index (χ3n) is 4.60. The van der Waals surface area contributed by atoms with E-state index in [1.165, 1.54) is 0 Å². The van der Waals surface area contributed by atoms with Crippen molar-refractivity contribution in [3.05, 3.63) is 30.3 Å². The quantitative estimate of drug-likeness (QED) is 0.224. The number of para-hydroxylation sites is 1. The van der Waals surface area contributed by atoms with E-state index >= 15 is 0 Å². The van der Waals surface area contributed by atoms with Gasteiger partial charge in [-0.1, -0.05) is 57.2 Å². The van der Waals surface area contributed by atoms with Crippen molar-refractivity contribution in [1.29, 1.82) is 0 Å². The van der Waals surface area contributed by atoms with Crippen LogP contribution in [0.4, 0.5) is 0 Å². The van der Waals surface area contributed by atoms with E-state index in [-0.39, 0.29) is 6.61 Å². The second-order valence-electron chi connectivity index (χ2n) is 7.17. The molecule has 1 rings (SSSR count). The van der Waals surface area contributed by atoms with Crippen LogP contribution in [0, 0.1) is 0 Å². The van der Waals surface area contributed by atoms with Gasteiger partial charge in [-0.25, -0.2) is 0 Å². The summed E-state index contributed by atoms with van der Waals surface area (Å²) in [7, 11) is -4.89. The Labute approximate surface area is 178 Å². The van der Waals surface area contributed by atoms with Gasteiger partial charge in [0.2, 0.25) is 0 Å². The van der Waals surface area contributed by atoms with E-state index in [1.807, 2.05) is 18.2 Å². The number of rotatable bonds is 16. The predicted molar refractivity (Wildman–Crippen MR) is 112 cm³/mol. The number of carboxylic acid groups (broad SMARTS) is 1. The fourth-order valence-corrected chi connectivity index (χ4v) is 3.60. The fourth-order valence-electron chi connectivity index (χ4n) is 2.95. The Kier molecular flexibility index (Phi) is 12.1. The molecule has 2 N–H and O–H groups in total. The highest BCUT2D eigenvalue weighted by atomic mass is 32.2. The molecule has 0 aliphatic carbocycles. The topological polar surface area (TPSA) is 127 Å². The zero-order valence-electron chi connectivity index (χ0n) is 17.4. The van der Waals surface area contributed by atoms with Gasteiger partial charge in [-0.05, 0) is 25.0 Å². The van der Waals surface area contributed by atoms with Gasteiger partial charge in [-0.2, -0.15) is 8.42 Å². The molecule has 9 heteroatoms. The number of ether oxygens (including phenoxy) is 2. The van der Waals surface area contributed by atoms with Crippen molar-refractivity contribution in [1.82, 2.24) is 0 Å². The third kappa shape index (κ3) is 11.2. The summed E-state index contributed by atoms with van der Waals surface area (Å²) >= 11 is 0. The lowest BCUT2D eigenvalue weighted by molar-refractivity contribution is -0.152. The normalized spacial score (nSPS) is 13.4. The van der Waals surface area contributed by atoms with Gasteiger partial charge in [0.15, 0.2) is 5.25 Å². The molecule has 0 fully saturated rings. The standard InChI is InChI=1S/C21H32O8S/c1-2-3-4-5-6-8-13-18(14-15-28-17-11-9-7-10-12-17)29-21(24)19(16-20(22)23)30(25,26)27/h7,9-12,18-19H,2-6,8,13-16H2,1H3,(H,22,23)(H,25,26,27). The fraction of sp³-hybridized carbons (Fsp3) is 0.619. The summed E-state index contributed by atoms with van der Waals surface area (Å²) in [5.74, 6) is -2.12. The summed E-state index contributed by atoms with van der Waals surface area (Å²) in [6.45, 7) is 2.37. The predicted octanol–water partition coefficient (Wildman–Crippen LogP) is 3.85. The Bertz CT molecular complexity index is 733. The molecule has 2 unspecified atom stereocenters. The number of hydrogen-bond donors (Lipinski definition) is 2. The highest BCUT2D eigenvalue weighted by Crippen LogP contribution is 2.17. The average molecular weight is 445 g/mol. The van der Waals surface area contributed by atoms with Crippen molar-refractivity contribution in [3.8, 4) is 5.75 Å². The van der Waals surface area contributed by atoms with E-state index in [1.54, 1.807) is 12.1 Å². The first kappa shape index (κ1) is 25.9. The zero-order chi connectivity index (χ0) is 22.4. The van der Waals surface area contributed by atoms with Crippen LogP contribution in [0.1, 0.15) is 64.7 Å². The van der Waals surface area contributed by atoms with Crippen LogP contribution in [0.25, 0.3) is 0 Å². The average Bonchev–Trinajstić information content (AvgIpc) is 2.68. The molecule has 0 aliphatic heterocycles. The van der Waals surface area contributed by atoms with Crippen molar-refractivity contribution in [2.75, 3.05) is 6.61 Å². The molecule has 0 bridgehead atoms. The van der Waals surface area contributed by atoms with E-state index < -0.39 is 39.8 Å². The lowest BCUT2D eigenvalue weighted by Gasteiger charge is -2.20. The van der Waals surface area contributed by atoms with Crippen molar-refractivity contribution >= 4 is 22.1 Å². The zero-order valence-corrected chi connectivity index (χ0v) is 18.2. The van der Waals surface area contributed by atoms with Crippen molar-refractivity contribution in [2.45, 2.75) is 76.1 Å². The van der Waals surface area contributed by atoms with E-state index in [4.69, 9.17) is 14.6 Å². The lowest BCUT2D eigenvalue weighted by atomic mass is 10.1. The Morgan fingerprint density at radius 1 is 1.00 bits per heavy atom. The molecule has 30 heavy (non-hydrogen) atoms. The number of carbonyl (C=O) groups is 2. The maximum Gasteiger partial charge on any atom is 0.327 e. The Morgan fingerprint density at radius 2 is 1.63 bits per heavy atom. The Balaban J connectivity index is 2.66. The first-order chi connectivity index (χ1) is 14.2. The summed E-state index contributed by atoms with van der Waals surface area (Å²) < 4.78 is 42.9. The summed E-state index contributed by atoms with van der Waals surface area (Å²) in [5, 5.41) is 6.70. The number of benzene rings is 1. The molecule has 8 nitrogen and oxygen atoms in total. The van der Waals surface area contributed by atoms with Gasteiger partial charge >= 0.3 is 11.9 Å². The summed E-state index contributed by atoms with van der Waals surface area (Å²) in [6, 6.07) is 9.08. The lowest BCUT2D eigenvalue weighted by Crippen LogP contribution is -2.36. The molecule has 1 aromatic carbocycles. The Hall–Kier alpha value is -2.13. The molecule has 0 heterocycles. The van der Waals surface area contributed by atoms with Crippen molar-refractivity contribution in [3.63, 3.8) is 0 Å². The van der Waals surface area contributed by atoms with E-state index in [0.717, 1.165) is 38.5 Å². The molecule has 170 valence electrons. The van der Waals surface area contributed by atoms with Crippen molar-refractivity contribution in [2.24, 2.45) is 0 Å². The van der Waals surface area contributed by atoms with E-state index in [0.29, 0.717) is 18.6 Å². The molecule has 0 saturated heterocycles. The molecule has 0 aromatic heterocycles. The van der Waals surface area contributed by atoms with Gasteiger partial charge < -0.3 is 14.6 Å². The molecule has 0 saturated carbocycles. The minimum Gasteiger partial charge on any atom is -0.493 e. The van der Waals surface area contributed by atoms with Gasteiger partial charge in [0.25, 0.3) is 10.1 Å².